The van der Waals surface area contributed by atoms with Crippen molar-refractivity contribution in [3.05, 3.63) is 21.8 Å². The largest absolute Gasteiger partial charge is 0.398 e. The van der Waals surface area contributed by atoms with Crippen LogP contribution < -0.4 is 5.73 Å². The molecular formula is C9H12INS. The highest BCUT2D eigenvalue weighted by Crippen LogP contribution is 2.26. The van der Waals surface area contributed by atoms with E-state index in [-0.39, 0.29) is 0 Å². The molecule has 0 amide bonds. The highest BCUT2D eigenvalue weighted by atomic mass is 127. The predicted molar refractivity (Wildman–Crippen MR) is 64.6 cm³/mol. The van der Waals surface area contributed by atoms with E-state index in [1.54, 1.807) is 0 Å². The molecule has 0 saturated heterocycles. The van der Waals surface area contributed by atoms with Crippen molar-refractivity contribution < 1.29 is 0 Å². The Morgan fingerprint density at radius 1 is 1.42 bits per heavy atom. The second kappa shape index (κ2) is 4.37. The van der Waals surface area contributed by atoms with E-state index >= 15 is 0 Å². The summed E-state index contributed by atoms with van der Waals surface area (Å²) in [5, 5.41) is 0.629. The molecule has 0 spiro atoms. The van der Waals surface area contributed by atoms with Gasteiger partial charge in [-0.2, -0.15) is 0 Å². The summed E-state index contributed by atoms with van der Waals surface area (Å²) in [5.41, 5.74) is 6.57. The average molecular weight is 293 g/mol. The van der Waals surface area contributed by atoms with Crippen LogP contribution in [0.2, 0.25) is 0 Å². The minimum Gasteiger partial charge on any atom is -0.398 e. The van der Waals surface area contributed by atoms with Crippen LogP contribution in [-0.2, 0) is 0 Å². The summed E-state index contributed by atoms with van der Waals surface area (Å²) in [7, 11) is 0. The van der Waals surface area contributed by atoms with Gasteiger partial charge in [-0.1, -0.05) is 13.8 Å². The van der Waals surface area contributed by atoms with Crippen molar-refractivity contribution >= 4 is 40.0 Å². The van der Waals surface area contributed by atoms with Gasteiger partial charge in [0.2, 0.25) is 0 Å². The van der Waals surface area contributed by atoms with Crippen LogP contribution in [-0.4, -0.2) is 5.25 Å². The molecule has 0 atom stereocenters. The summed E-state index contributed by atoms with van der Waals surface area (Å²) < 4.78 is 1.14. The van der Waals surface area contributed by atoms with Gasteiger partial charge in [0.15, 0.2) is 0 Å². The molecule has 1 aromatic carbocycles. The Morgan fingerprint density at radius 2 is 2.08 bits per heavy atom. The van der Waals surface area contributed by atoms with Gasteiger partial charge in [-0.05, 0) is 40.8 Å². The van der Waals surface area contributed by atoms with E-state index in [0.717, 1.165) is 9.26 Å². The third kappa shape index (κ3) is 2.86. The van der Waals surface area contributed by atoms with Crippen LogP contribution in [0.5, 0.6) is 0 Å². The number of rotatable bonds is 2. The molecule has 0 heterocycles. The Kier molecular flexibility index (Phi) is 3.71. The van der Waals surface area contributed by atoms with Crippen LogP contribution in [0, 0.1) is 3.57 Å². The van der Waals surface area contributed by atoms with Crippen LogP contribution in [0.25, 0.3) is 0 Å². The first-order valence-electron chi connectivity index (χ1n) is 3.81. The van der Waals surface area contributed by atoms with Gasteiger partial charge in [0.1, 0.15) is 0 Å². The van der Waals surface area contributed by atoms with E-state index in [1.807, 2.05) is 17.8 Å². The quantitative estimate of drug-likeness (QED) is 0.514. The van der Waals surface area contributed by atoms with Crippen molar-refractivity contribution in [2.45, 2.75) is 24.0 Å². The van der Waals surface area contributed by atoms with Gasteiger partial charge in [-0.25, -0.2) is 0 Å². The molecule has 0 bridgehead atoms. The molecular weight excluding hydrogens is 281 g/mol. The minimum atomic E-state index is 0.629. The van der Waals surface area contributed by atoms with Crippen LogP contribution >= 0.6 is 34.4 Å². The Labute approximate surface area is 91.3 Å². The Bertz CT molecular complexity index is 273. The van der Waals surface area contributed by atoms with E-state index in [0.29, 0.717) is 5.25 Å². The molecule has 2 N–H and O–H groups in total. The summed E-state index contributed by atoms with van der Waals surface area (Å²) >= 11 is 4.12. The van der Waals surface area contributed by atoms with Crippen molar-refractivity contribution in [2.24, 2.45) is 0 Å². The molecule has 0 saturated carbocycles. The summed E-state index contributed by atoms with van der Waals surface area (Å²) in [6.45, 7) is 4.38. The number of nitrogens with two attached hydrogens (primary N) is 1. The van der Waals surface area contributed by atoms with Crippen molar-refractivity contribution in [1.29, 1.82) is 0 Å². The molecule has 12 heavy (non-hydrogen) atoms. The summed E-state index contributed by atoms with van der Waals surface area (Å²) in [4.78, 5) is 1.30. The van der Waals surface area contributed by atoms with Gasteiger partial charge in [0.05, 0.1) is 0 Å². The van der Waals surface area contributed by atoms with Crippen molar-refractivity contribution in [3.63, 3.8) is 0 Å². The normalized spacial score (nSPS) is 10.7. The van der Waals surface area contributed by atoms with Crippen LogP contribution in [0.1, 0.15) is 13.8 Å². The molecule has 66 valence electrons. The zero-order chi connectivity index (χ0) is 9.14. The molecule has 1 nitrogen and oxygen atoms in total. The highest BCUT2D eigenvalue weighted by molar-refractivity contribution is 14.1. The number of benzene rings is 1. The predicted octanol–water partition coefficient (Wildman–Crippen LogP) is 3.37. The maximum Gasteiger partial charge on any atom is 0.0450 e. The van der Waals surface area contributed by atoms with Gasteiger partial charge < -0.3 is 5.73 Å². The SMILES string of the molecule is CC(C)Sc1ccc(N)c(I)c1. The Morgan fingerprint density at radius 3 is 2.58 bits per heavy atom. The van der Waals surface area contributed by atoms with Gasteiger partial charge in [0.25, 0.3) is 0 Å². The maximum absolute atomic E-state index is 5.70. The van der Waals surface area contributed by atoms with E-state index in [4.69, 9.17) is 5.73 Å². The van der Waals surface area contributed by atoms with Gasteiger partial charge >= 0.3 is 0 Å². The molecule has 1 aromatic rings. The molecule has 3 heteroatoms. The average Bonchev–Trinajstić information content (AvgIpc) is 1.96. The van der Waals surface area contributed by atoms with Crippen molar-refractivity contribution in [2.75, 3.05) is 5.73 Å². The van der Waals surface area contributed by atoms with E-state index in [2.05, 4.69) is 48.6 Å². The van der Waals surface area contributed by atoms with Gasteiger partial charge in [0, 0.05) is 19.4 Å². The fourth-order valence-electron chi connectivity index (χ4n) is 0.853. The highest BCUT2D eigenvalue weighted by Gasteiger charge is 2.00. The van der Waals surface area contributed by atoms with Crippen LogP contribution in [0.15, 0.2) is 23.1 Å². The smallest absolute Gasteiger partial charge is 0.0450 e. The molecule has 0 fully saturated rings. The maximum atomic E-state index is 5.70. The lowest BCUT2D eigenvalue weighted by atomic mass is 10.3. The van der Waals surface area contributed by atoms with Crippen LogP contribution in [0.3, 0.4) is 0 Å². The first-order chi connectivity index (χ1) is 5.59. The van der Waals surface area contributed by atoms with Gasteiger partial charge in [-0.3, -0.25) is 0 Å². The second-order valence-electron chi connectivity index (χ2n) is 2.85. The van der Waals surface area contributed by atoms with E-state index in [1.165, 1.54) is 4.90 Å². The fourth-order valence-corrected chi connectivity index (χ4v) is 2.46. The monoisotopic (exact) mass is 293 g/mol. The number of hydrogen-bond acceptors (Lipinski definition) is 2. The lowest BCUT2D eigenvalue weighted by Gasteiger charge is -2.05. The first kappa shape index (κ1) is 10.2. The topological polar surface area (TPSA) is 26.0 Å². The number of thioether (sulfide) groups is 1. The molecule has 1 rings (SSSR count). The van der Waals surface area contributed by atoms with Crippen molar-refractivity contribution in [1.82, 2.24) is 0 Å². The van der Waals surface area contributed by atoms with E-state index < -0.39 is 0 Å². The number of anilines is 1. The summed E-state index contributed by atoms with van der Waals surface area (Å²) in [5.74, 6) is 0. The van der Waals surface area contributed by atoms with Crippen LogP contribution in [0.4, 0.5) is 5.69 Å². The first-order valence-corrected chi connectivity index (χ1v) is 5.77. The standard InChI is InChI=1S/C9H12INS/c1-6(2)12-7-3-4-9(11)8(10)5-7/h3-6H,11H2,1-2H3. The second-order valence-corrected chi connectivity index (χ2v) is 5.66. The Hall–Kier alpha value is 0.100. The molecule has 0 aliphatic rings. The van der Waals surface area contributed by atoms with Gasteiger partial charge in [-0.15, -0.1) is 11.8 Å². The lowest BCUT2D eigenvalue weighted by molar-refractivity contribution is 1.11. The fraction of sp³-hybridized carbons (Fsp3) is 0.333. The lowest BCUT2D eigenvalue weighted by Crippen LogP contribution is -1.90. The minimum absolute atomic E-state index is 0.629. The third-order valence-corrected chi connectivity index (χ3v) is 3.28. The summed E-state index contributed by atoms with van der Waals surface area (Å²) in [6.07, 6.45) is 0. The third-order valence-electron chi connectivity index (χ3n) is 1.34. The number of halogens is 1. The van der Waals surface area contributed by atoms with E-state index in [9.17, 15) is 0 Å². The molecule has 0 aliphatic carbocycles. The molecule has 0 unspecified atom stereocenters. The molecule has 0 radical (unpaired) electrons. The zero-order valence-corrected chi connectivity index (χ0v) is 10.1. The summed E-state index contributed by atoms with van der Waals surface area (Å²) in [6, 6.07) is 6.16. The number of nitrogen functional groups attached to an aromatic ring is 1. The zero-order valence-electron chi connectivity index (χ0n) is 7.17. The van der Waals surface area contributed by atoms with Crippen molar-refractivity contribution in [3.8, 4) is 0 Å². The molecule has 0 aliphatic heterocycles. The number of hydrogen-bond donors (Lipinski definition) is 1. The molecule has 0 aromatic heterocycles. The Balaban J connectivity index is 2.82.